The van der Waals surface area contributed by atoms with Crippen molar-refractivity contribution in [2.75, 3.05) is 45.5 Å². The summed E-state index contributed by atoms with van der Waals surface area (Å²) in [5.74, 6) is 0. The van der Waals surface area contributed by atoms with Gasteiger partial charge in [0.2, 0.25) is 10.0 Å². The third kappa shape index (κ3) is 4.21. The molecule has 8 heteroatoms. The van der Waals surface area contributed by atoms with Gasteiger partial charge < -0.3 is 5.32 Å². The minimum Gasteiger partial charge on any atom is -0.314 e. The van der Waals surface area contributed by atoms with Crippen molar-refractivity contribution in [1.82, 2.24) is 14.5 Å². The number of thioether (sulfide) groups is 1. The number of sulfonamides is 1. The smallest absolute Gasteiger partial charge is 0.243 e. The lowest BCUT2D eigenvalue weighted by Crippen LogP contribution is -2.49. The highest BCUT2D eigenvalue weighted by molar-refractivity contribution is 7.98. The fourth-order valence-electron chi connectivity index (χ4n) is 3.17. The van der Waals surface area contributed by atoms with Crippen molar-refractivity contribution in [3.8, 4) is 0 Å². The summed E-state index contributed by atoms with van der Waals surface area (Å²) >= 11 is 1.62. The quantitative estimate of drug-likeness (QED) is 0.806. The van der Waals surface area contributed by atoms with E-state index in [0.717, 1.165) is 37.5 Å². The molecule has 1 atom stereocenters. The average molecular weight is 378 g/mol. The number of nitrogens with one attached hydrogen (secondary N) is 1. The van der Waals surface area contributed by atoms with E-state index in [0.29, 0.717) is 24.0 Å². The van der Waals surface area contributed by atoms with Crippen molar-refractivity contribution in [3.63, 3.8) is 0 Å². The highest BCUT2D eigenvalue weighted by Crippen LogP contribution is 2.25. The molecule has 3 rings (SSSR count). The molecule has 0 radical (unpaired) electrons. The van der Waals surface area contributed by atoms with Gasteiger partial charge >= 0.3 is 0 Å². The molecule has 0 aromatic heterocycles. The summed E-state index contributed by atoms with van der Waals surface area (Å²) in [6, 6.07) is 7.56. The Balaban J connectivity index is 0.00000192. The maximum Gasteiger partial charge on any atom is 0.243 e. The normalized spacial score (nSPS) is 23.6. The summed E-state index contributed by atoms with van der Waals surface area (Å²) in [4.78, 5) is 3.91. The highest BCUT2D eigenvalue weighted by atomic mass is 35.5. The van der Waals surface area contributed by atoms with Gasteiger partial charge in [0, 0.05) is 50.2 Å². The summed E-state index contributed by atoms with van der Waals surface area (Å²) in [5, 5.41) is 3.34. The topological polar surface area (TPSA) is 52.7 Å². The number of hydrogen-bond acceptors (Lipinski definition) is 5. The van der Waals surface area contributed by atoms with Crippen molar-refractivity contribution in [3.05, 3.63) is 24.3 Å². The van der Waals surface area contributed by atoms with E-state index in [1.807, 2.05) is 18.4 Å². The van der Waals surface area contributed by atoms with Crippen molar-refractivity contribution >= 4 is 34.2 Å². The molecule has 0 bridgehead atoms. The fourth-order valence-corrected chi connectivity index (χ4v) is 5.07. The average Bonchev–Trinajstić information content (AvgIpc) is 3.06. The zero-order chi connectivity index (χ0) is 15.6. The number of hydrogen-bond donors (Lipinski definition) is 1. The van der Waals surface area contributed by atoms with Crippen LogP contribution < -0.4 is 5.32 Å². The SMILES string of the molecule is CSc1ccc(S(=O)(=O)N2CCC(N3CCNCC3)C2)cc1.Cl. The van der Waals surface area contributed by atoms with E-state index in [2.05, 4.69) is 10.2 Å². The molecule has 1 N–H and O–H groups in total. The Morgan fingerprint density at radius 3 is 2.39 bits per heavy atom. The second-order valence-electron chi connectivity index (χ2n) is 5.77. The van der Waals surface area contributed by atoms with Gasteiger partial charge in [0.05, 0.1) is 4.90 Å². The first-order chi connectivity index (χ1) is 10.6. The van der Waals surface area contributed by atoms with Crippen LogP contribution in [0.1, 0.15) is 6.42 Å². The molecule has 2 fully saturated rings. The molecule has 5 nitrogen and oxygen atoms in total. The summed E-state index contributed by atoms with van der Waals surface area (Å²) in [5.41, 5.74) is 0. The van der Waals surface area contributed by atoms with Crippen LogP contribution >= 0.6 is 24.2 Å². The first-order valence-corrected chi connectivity index (χ1v) is 10.4. The van der Waals surface area contributed by atoms with Gasteiger partial charge in [-0.2, -0.15) is 4.31 Å². The van der Waals surface area contributed by atoms with Gasteiger partial charge in [-0.25, -0.2) is 8.42 Å². The summed E-state index contributed by atoms with van der Waals surface area (Å²) < 4.78 is 27.1. The van der Waals surface area contributed by atoms with Gasteiger partial charge in [-0.1, -0.05) is 0 Å². The Labute approximate surface area is 149 Å². The van der Waals surface area contributed by atoms with Gasteiger partial charge in [-0.05, 0) is 36.9 Å². The van der Waals surface area contributed by atoms with Crippen LogP contribution in [0.4, 0.5) is 0 Å². The van der Waals surface area contributed by atoms with E-state index in [-0.39, 0.29) is 12.4 Å². The summed E-state index contributed by atoms with van der Waals surface area (Å²) in [7, 11) is -3.35. The molecule has 1 aromatic rings. The molecule has 2 aliphatic rings. The second-order valence-corrected chi connectivity index (χ2v) is 8.58. The van der Waals surface area contributed by atoms with Gasteiger partial charge in [0.1, 0.15) is 0 Å². The second kappa shape index (κ2) is 8.18. The van der Waals surface area contributed by atoms with E-state index >= 15 is 0 Å². The molecule has 0 spiro atoms. The van der Waals surface area contributed by atoms with Crippen molar-refractivity contribution in [2.24, 2.45) is 0 Å². The predicted octanol–water partition coefficient (Wildman–Crippen LogP) is 1.50. The molecular weight excluding hydrogens is 354 g/mol. The fraction of sp³-hybridized carbons (Fsp3) is 0.600. The first kappa shape index (κ1) is 19.0. The Kier molecular flexibility index (Phi) is 6.77. The Morgan fingerprint density at radius 1 is 1.13 bits per heavy atom. The third-order valence-electron chi connectivity index (χ3n) is 4.49. The minimum atomic E-state index is -3.35. The molecule has 0 aliphatic carbocycles. The Morgan fingerprint density at radius 2 is 1.78 bits per heavy atom. The van der Waals surface area contributed by atoms with Crippen LogP contribution in [0, 0.1) is 0 Å². The number of rotatable bonds is 4. The van der Waals surface area contributed by atoms with E-state index < -0.39 is 10.0 Å². The standard InChI is InChI=1S/C15H23N3O2S2.ClH/c1-21-14-2-4-15(5-3-14)22(19,20)18-9-6-13(12-18)17-10-7-16-8-11-17;/h2-5,13,16H,6-12H2,1H3;1H. The van der Waals surface area contributed by atoms with Crippen LogP contribution in [-0.4, -0.2) is 69.2 Å². The van der Waals surface area contributed by atoms with Crippen molar-refractivity contribution in [1.29, 1.82) is 0 Å². The maximum atomic E-state index is 12.8. The van der Waals surface area contributed by atoms with Crippen LogP contribution in [0.3, 0.4) is 0 Å². The summed E-state index contributed by atoms with van der Waals surface area (Å²) in [6.07, 6.45) is 2.92. The Bertz CT molecular complexity index is 604. The minimum absolute atomic E-state index is 0. The Hall–Kier alpha value is -0.310. The van der Waals surface area contributed by atoms with E-state index in [1.54, 1.807) is 28.2 Å². The van der Waals surface area contributed by atoms with Gasteiger partial charge in [-0.3, -0.25) is 4.90 Å². The van der Waals surface area contributed by atoms with Crippen molar-refractivity contribution < 1.29 is 8.42 Å². The monoisotopic (exact) mass is 377 g/mol. The molecule has 2 saturated heterocycles. The van der Waals surface area contributed by atoms with Gasteiger partial charge in [-0.15, -0.1) is 24.2 Å². The third-order valence-corrected chi connectivity index (χ3v) is 7.11. The summed E-state index contributed by atoms with van der Waals surface area (Å²) in [6.45, 7) is 5.27. The maximum absolute atomic E-state index is 12.8. The zero-order valence-corrected chi connectivity index (χ0v) is 15.7. The zero-order valence-electron chi connectivity index (χ0n) is 13.3. The lowest BCUT2D eigenvalue weighted by atomic mass is 10.2. The largest absolute Gasteiger partial charge is 0.314 e. The van der Waals surface area contributed by atoms with Crippen LogP contribution in [0.15, 0.2) is 34.1 Å². The molecule has 0 amide bonds. The van der Waals surface area contributed by atoms with Crippen molar-refractivity contribution in [2.45, 2.75) is 22.3 Å². The van der Waals surface area contributed by atoms with Gasteiger partial charge in [0.25, 0.3) is 0 Å². The van der Waals surface area contributed by atoms with Crippen LogP contribution in [-0.2, 0) is 10.0 Å². The molecule has 2 aliphatic heterocycles. The van der Waals surface area contributed by atoms with E-state index in [1.165, 1.54) is 0 Å². The molecule has 0 saturated carbocycles. The molecule has 130 valence electrons. The van der Waals surface area contributed by atoms with Crippen LogP contribution in [0.5, 0.6) is 0 Å². The highest BCUT2D eigenvalue weighted by Gasteiger charge is 2.35. The number of nitrogens with zero attached hydrogens (tertiary/aromatic N) is 2. The number of piperazine rings is 1. The predicted molar refractivity (Wildman–Crippen MR) is 97.1 cm³/mol. The molecule has 1 unspecified atom stereocenters. The van der Waals surface area contributed by atoms with E-state index in [9.17, 15) is 8.42 Å². The lowest BCUT2D eigenvalue weighted by Gasteiger charge is -2.32. The molecular formula is C15H24ClN3O2S2. The molecule has 2 heterocycles. The number of benzene rings is 1. The lowest BCUT2D eigenvalue weighted by molar-refractivity contribution is 0.179. The molecule has 1 aromatic carbocycles. The van der Waals surface area contributed by atoms with Crippen LogP contribution in [0.2, 0.25) is 0 Å². The molecule has 23 heavy (non-hydrogen) atoms. The first-order valence-electron chi connectivity index (χ1n) is 7.70. The van der Waals surface area contributed by atoms with Crippen LogP contribution in [0.25, 0.3) is 0 Å². The van der Waals surface area contributed by atoms with E-state index in [4.69, 9.17) is 0 Å². The number of halogens is 1. The van der Waals surface area contributed by atoms with Gasteiger partial charge in [0.15, 0.2) is 0 Å².